The molecule has 0 spiro atoms. The Kier molecular flexibility index (Phi) is 2.22. The molecule has 0 aliphatic rings. The van der Waals surface area contributed by atoms with Crippen molar-refractivity contribution in [3.63, 3.8) is 0 Å². The SMILES string of the molecule is COc1cccn2c(N)c(-c3cncn3C)nc12. The summed E-state index contributed by atoms with van der Waals surface area (Å²) in [5.74, 6) is 1.27. The second-order valence-electron chi connectivity index (χ2n) is 4.01. The van der Waals surface area contributed by atoms with E-state index in [1.54, 1.807) is 24.0 Å². The second-order valence-corrected chi connectivity index (χ2v) is 4.01. The molecule has 3 aromatic heterocycles. The first-order chi connectivity index (χ1) is 8.72. The first-order valence-corrected chi connectivity index (χ1v) is 5.49. The van der Waals surface area contributed by atoms with Gasteiger partial charge in [-0.3, -0.25) is 4.40 Å². The van der Waals surface area contributed by atoms with Crippen molar-refractivity contribution in [1.82, 2.24) is 18.9 Å². The summed E-state index contributed by atoms with van der Waals surface area (Å²) in [6.45, 7) is 0. The van der Waals surface area contributed by atoms with Gasteiger partial charge < -0.3 is 15.0 Å². The number of ether oxygens (including phenoxy) is 1. The van der Waals surface area contributed by atoms with Gasteiger partial charge in [0.1, 0.15) is 11.5 Å². The number of anilines is 1. The van der Waals surface area contributed by atoms with Gasteiger partial charge in [0.25, 0.3) is 0 Å². The van der Waals surface area contributed by atoms with E-state index in [0.717, 1.165) is 5.69 Å². The van der Waals surface area contributed by atoms with Crippen molar-refractivity contribution >= 4 is 11.5 Å². The predicted octanol–water partition coefficient (Wildman–Crippen LogP) is 1.33. The van der Waals surface area contributed by atoms with Crippen LogP contribution in [0.3, 0.4) is 0 Å². The third-order valence-corrected chi connectivity index (χ3v) is 2.93. The van der Waals surface area contributed by atoms with Crippen molar-refractivity contribution in [2.75, 3.05) is 12.8 Å². The summed E-state index contributed by atoms with van der Waals surface area (Å²) in [6.07, 6.45) is 5.32. The molecule has 0 bridgehead atoms. The van der Waals surface area contributed by atoms with Crippen LogP contribution in [0.4, 0.5) is 5.82 Å². The van der Waals surface area contributed by atoms with Crippen LogP contribution in [0.25, 0.3) is 17.0 Å². The zero-order valence-corrected chi connectivity index (χ0v) is 10.2. The van der Waals surface area contributed by atoms with Crippen molar-refractivity contribution in [2.45, 2.75) is 0 Å². The van der Waals surface area contributed by atoms with Crippen LogP contribution < -0.4 is 10.5 Å². The van der Waals surface area contributed by atoms with Crippen molar-refractivity contribution in [2.24, 2.45) is 7.05 Å². The van der Waals surface area contributed by atoms with Gasteiger partial charge in [0.15, 0.2) is 11.4 Å². The van der Waals surface area contributed by atoms with Gasteiger partial charge in [-0.25, -0.2) is 9.97 Å². The Morgan fingerprint density at radius 2 is 2.22 bits per heavy atom. The van der Waals surface area contributed by atoms with Crippen molar-refractivity contribution in [3.8, 4) is 17.1 Å². The number of aryl methyl sites for hydroxylation is 1. The van der Waals surface area contributed by atoms with E-state index < -0.39 is 0 Å². The minimum Gasteiger partial charge on any atom is -0.493 e. The van der Waals surface area contributed by atoms with Gasteiger partial charge in [-0.1, -0.05) is 0 Å². The lowest BCUT2D eigenvalue weighted by Gasteiger charge is -2.01. The summed E-state index contributed by atoms with van der Waals surface area (Å²) < 4.78 is 8.97. The van der Waals surface area contributed by atoms with Gasteiger partial charge in [-0.15, -0.1) is 0 Å². The number of imidazole rings is 2. The van der Waals surface area contributed by atoms with Crippen LogP contribution in [0, 0.1) is 0 Å². The largest absolute Gasteiger partial charge is 0.493 e. The van der Waals surface area contributed by atoms with Crippen molar-refractivity contribution in [1.29, 1.82) is 0 Å². The van der Waals surface area contributed by atoms with E-state index in [1.165, 1.54) is 0 Å². The van der Waals surface area contributed by atoms with Crippen LogP contribution in [0.15, 0.2) is 30.9 Å². The van der Waals surface area contributed by atoms with Crippen LogP contribution in [-0.2, 0) is 7.05 Å². The molecule has 0 aliphatic carbocycles. The number of methoxy groups -OCH3 is 1. The van der Waals surface area contributed by atoms with Crippen LogP contribution in [0.1, 0.15) is 0 Å². The Hall–Kier alpha value is -2.50. The first kappa shape index (κ1) is 10.6. The summed E-state index contributed by atoms with van der Waals surface area (Å²) in [4.78, 5) is 8.62. The molecular formula is C12H13N5O. The fraction of sp³-hybridized carbons (Fsp3) is 0.167. The molecule has 0 saturated carbocycles. The van der Waals surface area contributed by atoms with E-state index in [2.05, 4.69) is 9.97 Å². The number of rotatable bonds is 2. The van der Waals surface area contributed by atoms with E-state index in [-0.39, 0.29) is 0 Å². The first-order valence-electron chi connectivity index (χ1n) is 5.49. The Morgan fingerprint density at radius 1 is 1.39 bits per heavy atom. The quantitative estimate of drug-likeness (QED) is 0.737. The number of pyridine rings is 1. The molecule has 92 valence electrons. The fourth-order valence-electron chi connectivity index (χ4n) is 1.99. The molecule has 0 aliphatic heterocycles. The molecule has 0 amide bonds. The zero-order chi connectivity index (χ0) is 12.7. The molecule has 0 atom stereocenters. The zero-order valence-electron chi connectivity index (χ0n) is 10.2. The molecule has 18 heavy (non-hydrogen) atoms. The highest BCUT2D eigenvalue weighted by Gasteiger charge is 2.16. The van der Waals surface area contributed by atoms with Gasteiger partial charge in [0.2, 0.25) is 0 Å². The van der Waals surface area contributed by atoms with Gasteiger partial charge in [0.05, 0.1) is 25.3 Å². The highest BCUT2D eigenvalue weighted by molar-refractivity contribution is 5.75. The van der Waals surface area contributed by atoms with Crippen molar-refractivity contribution in [3.05, 3.63) is 30.9 Å². The molecule has 2 N–H and O–H groups in total. The number of hydrogen-bond acceptors (Lipinski definition) is 4. The highest BCUT2D eigenvalue weighted by Crippen LogP contribution is 2.29. The summed E-state index contributed by atoms with van der Waals surface area (Å²) in [6, 6.07) is 3.73. The Balaban J connectivity index is 2.32. The standard InChI is InChI=1S/C12H13N5O/c1-16-7-14-6-8(16)10-11(13)17-5-3-4-9(18-2)12(17)15-10/h3-7H,13H2,1-2H3. The molecular weight excluding hydrogens is 230 g/mol. The Morgan fingerprint density at radius 3 is 2.89 bits per heavy atom. The van der Waals surface area contributed by atoms with E-state index >= 15 is 0 Å². The maximum absolute atomic E-state index is 6.13. The Labute approximate surface area is 104 Å². The minimum atomic E-state index is 0.576. The van der Waals surface area contributed by atoms with Gasteiger partial charge in [0, 0.05) is 13.2 Å². The molecule has 6 heteroatoms. The van der Waals surface area contributed by atoms with E-state index in [4.69, 9.17) is 10.5 Å². The average molecular weight is 243 g/mol. The lowest BCUT2D eigenvalue weighted by Crippen LogP contribution is -1.96. The molecule has 0 radical (unpaired) electrons. The summed E-state index contributed by atoms with van der Waals surface area (Å²) in [5.41, 5.74) is 8.41. The minimum absolute atomic E-state index is 0.576. The second kappa shape index (κ2) is 3.76. The van der Waals surface area contributed by atoms with E-state index in [0.29, 0.717) is 22.9 Å². The van der Waals surface area contributed by atoms with Crippen molar-refractivity contribution < 1.29 is 4.74 Å². The normalized spacial score (nSPS) is 11.0. The van der Waals surface area contributed by atoms with E-state index in [1.807, 2.05) is 29.9 Å². The number of nitrogens with zero attached hydrogens (tertiary/aromatic N) is 4. The Bertz CT molecular complexity index is 712. The van der Waals surface area contributed by atoms with Crippen LogP contribution >= 0.6 is 0 Å². The molecule has 0 fully saturated rings. The van der Waals surface area contributed by atoms with Crippen LogP contribution in [0.5, 0.6) is 5.75 Å². The van der Waals surface area contributed by atoms with Gasteiger partial charge >= 0.3 is 0 Å². The smallest absolute Gasteiger partial charge is 0.181 e. The van der Waals surface area contributed by atoms with Crippen LogP contribution in [-0.4, -0.2) is 26.0 Å². The molecule has 0 unspecified atom stereocenters. The lowest BCUT2D eigenvalue weighted by atomic mass is 10.3. The topological polar surface area (TPSA) is 70.4 Å². The molecule has 3 aromatic rings. The molecule has 0 saturated heterocycles. The number of nitrogen functional groups attached to an aromatic ring is 1. The summed E-state index contributed by atoms with van der Waals surface area (Å²) in [7, 11) is 3.52. The third kappa shape index (κ3) is 1.35. The fourth-order valence-corrected chi connectivity index (χ4v) is 1.99. The summed E-state index contributed by atoms with van der Waals surface area (Å²) >= 11 is 0. The number of fused-ring (bicyclic) bond motifs is 1. The summed E-state index contributed by atoms with van der Waals surface area (Å²) in [5, 5.41) is 0. The lowest BCUT2D eigenvalue weighted by molar-refractivity contribution is 0.417. The number of aromatic nitrogens is 4. The molecule has 3 rings (SSSR count). The maximum atomic E-state index is 6.13. The average Bonchev–Trinajstić information content (AvgIpc) is 2.93. The molecule has 6 nitrogen and oxygen atoms in total. The number of nitrogens with two attached hydrogens (primary N) is 1. The van der Waals surface area contributed by atoms with Gasteiger partial charge in [-0.05, 0) is 12.1 Å². The maximum Gasteiger partial charge on any atom is 0.181 e. The van der Waals surface area contributed by atoms with E-state index in [9.17, 15) is 0 Å². The predicted molar refractivity (Wildman–Crippen MR) is 68.4 cm³/mol. The monoisotopic (exact) mass is 243 g/mol. The third-order valence-electron chi connectivity index (χ3n) is 2.93. The van der Waals surface area contributed by atoms with Crippen LogP contribution in [0.2, 0.25) is 0 Å². The number of hydrogen-bond donors (Lipinski definition) is 1. The highest BCUT2D eigenvalue weighted by atomic mass is 16.5. The van der Waals surface area contributed by atoms with Gasteiger partial charge in [-0.2, -0.15) is 0 Å². The molecule has 3 heterocycles. The molecule has 0 aromatic carbocycles.